The lowest BCUT2D eigenvalue weighted by atomic mass is 9.65. The fourth-order valence-electron chi connectivity index (χ4n) is 2.07. The lowest BCUT2D eigenvalue weighted by Crippen LogP contribution is -2.51. The van der Waals surface area contributed by atoms with Gasteiger partial charge in [0.15, 0.2) is 0 Å². The summed E-state index contributed by atoms with van der Waals surface area (Å²) in [5, 5.41) is 0.542. The number of hydrogen-bond donors (Lipinski definition) is 0. The third-order valence-electron chi connectivity index (χ3n) is 2.71. The van der Waals surface area contributed by atoms with Crippen LogP contribution in [0.1, 0.15) is 19.3 Å². The van der Waals surface area contributed by atoms with Gasteiger partial charge in [-0.25, -0.2) is 0 Å². The summed E-state index contributed by atoms with van der Waals surface area (Å²) in [5.74, 6) is 1.73. The molecule has 52 valence electrons. The third kappa shape index (κ3) is 0.839. The van der Waals surface area contributed by atoms with E-state index in [1.807, 2.05) is 0 Å². The summed E-state index contributed by atoms with van der Waals surface area (Å²) in [6.07, 6.45) is 4.20. The number of fused-ring (bicyclic) bond motifs is 2. The second-order valence-electron chi connectivity index (χ2n) is 3.15. The van der Waals surface area contributed by atoms with E-state index < -0.39 is 0 Å². The first-order chi connectivity index (χ1) is 4.30. The largest absolute Gasteiger partial charge is 0.122 e. The first kappa shape index (κ1) is 6.71. The minimum atomic E-state index is 0.542. The SMILES string of the molecule is ClC1[C@H]2CCC[C@@H]1C2I. The van der Waals surface area contributed by atoms with Crippen LogP contribution in [0.2, 0.25) is 0 Å². The van der Waals surface area contributed by atoms with Crippen LogP contribution in [0.5, 0.6) is 0 Å². The molecule has 3 aliphatic carbocycles. The summed E-state index contributed by atoms with van der Waals surface area (Å²) in [7, 11) is 0. The lowest BCUT2D eigenvalue weighted by Gasteiger charge is -2.51. The van der Waals surface area contributed by atoms with E-state index >= 15 is 0 Å². The Morgan fingerprint density at radius 2 is 1.78 bits per heavy atom. The number of halogens is 2. The average molecular weight is 257 g/mol. The third-order valence-corrected chi connectivity index (χ3v) is 5.21. The van der Waals surface area contributed by atoms with Crippen LogP contribution in [0.3, 0.4) is 0 Å². The van der Waals surface area contributed by atoms with Gasteiger partial charge in [-0.3, -0.25) is 0 Å². The molecule has 0 aromatic carbocycles. The first-order valence-electron chi connectivity index (χ1n) is 3.59. The van der Waals surface area contributed by atoms with Crippen LogP contribution < -0.4 is 0 Å². The highest BCUT2D eigenvalue weighted by atomic mass is 127. The Morgan fingerprint density at radius 1 is 1.22 bits per heavy atom. The zero-order chi connectivity index (χ0) is 6.43. The Bertz CT molecular complexity index is 104. The van der Waals surface area contributed by atoms with Crippen molar-refractivity contribution in [2.75, 3.05) is 0 Å². The van der Waals surface area contributed by atoms with Crippen molar-refractivity contribution in [2.24, 2.45) is 11.8 Å². The maximum absolute atomic E-state index is 6.11. The predicted octanol–water partition coefficient (Wildman–Crippen LogP) is 2.83. The van der Waals surface area contributed by atoms with Crippen LogP contribution in [0, 0.1) is 11.8 Å². The van der Waals surface area contributed by atoms with Crippen LogP contribution in [-0.2, 0) is 0 Å². The Kier molecular flexibility index (Phi) is 1.69. The van der Waals surface area contributed by atoms with Gasteiger partial charge in [-0.05, 0) is 24.7 Å². The molecule has 2 bridgehead atoms. The van der Waals surface area contributed by atoms with Crippen molar-refractivity contribution in [1.82, 2.24) is 0 Å². The van der Waals surface area contributed by atoms with Gasteiger partial charge in [-0.2, -0.15) is 0 Å². The maximum atomic E-state index is 6.11. The van der Waals surface area contributed by atoms with Crippen molar-refractivity contribution in [3.63, 3.8) is 0 Å². The predicted molar refractivity (Wildman–Crippen MR) is 48.3 cm³/mol. The van der Waals surface area contributed by atoms with Crippen molar-refractivity contribution in [1.29, 1.82) is 0 Å². The molecule has 0 nitrogen and oxygen atoms in total. The Labute approximate surface area is 74.5 Å². The lowest BCUT2D eigenvalue weighted by molar-refractivity contribution is 0.147. The zero-order valence-electron chi connectivity index (χ0n) is 5.19. The highest BCUT2D eigenvalue weighted by molar-refractivity contribution is 14.1. The molecule has 0 spiro atoms. The molecule has 0 radical (unpaired) electrons. The quantitative estimate of drug-likeness (QED) is 0.462. The van der Waals surface area contributed by atoms with Crippen molar-refractivity contribution >= 4 is 34.2 Å². The van der Waals surface area contributed by atoms with Gasteiger partial charge in [0.25, 0.3) is 0 Å². The summed E-state index contributed by atoms with van der Waals surface area (Å²) in [5.41, 5.74) is 0. The number of hydrogen-bond acceptors (Lipinski definition) is 0. The molecule has 9 heavy (non-hydrogen) atoms. The van der Waals surface area contributed by atoms with Crippen LogP contribution in [0.15, 0.2) is 0 Å². The molecule has 3 rings (SSSR count). The van der Waals surface area contributed by atoms with Gasteiger partial charge in [0.2, 0.25) is 0 Å². The summed E-state index contributed by atoms with van der Waals surface area (Å²) in [6, 6.07) is 0. The van der Waals surface area contributed by atoms with Gasteiger partial charge >= 0.3 is 0 Å². The highest BCUT2D eigenvalue weighted by Gasteiger charge is 2.49. The zero-order valence-corrected chi connectivity index (χ0v) is 8.10. The molecule has 4 atom stereocenters. The monoisotopic (exact) mass is 256 g/mol. The van der Waals surface area contributed by atoms with E-state index in [1.54, 1.807) is 0 Å². The Balaban J connectivity index is 2.08. The Morgan fingerprint density at radius 3 is 2.00 bits per heavy atom. The second kappa shape index (κ2) is 2.26. The first-order valence-corrected chi connectivity index (χ1v) is 5.27. The fraction of sp³-hybridized carbons (Fsp3) is 1.00. The standard InChI is InChI=1S/C7H10ClI/c8-6-4-2-1-3-5(6)7(4)9/h4-7H,1-3H2/t4-,5+,6?,7?. The minimum absolute atomic E-state index is 0.542. The topological polar surface area (TPSA) is 0 Å². The average Bonchev–Trinajstić information content (AvgIpc) is 1.91. The Hall–Kier alpha value is 1.02. The van der Waals surface area contributed by atoms with Crippen molar-refractivity contribution in [3.8, 4) is 0 Å². The smallest absolute Gasteiger partial charge is 0.0412 e. The van der Waals surface area contributed by atoms with E-state index in [0.717, 1.165) is 15.8 Å². The van der Waals surface area contributed by atoms with E-state index in [0.29, 0.717) is 5.38 Å². The molecule has 3 aliphatic rings. The maximum Gasteiger partial charge on any atom is 0.0412 e. The van der Waals surface area contributed by atoms with E-state index in [4.69, 9.17) is 11.6 Å². The van der Waals surface area contributed by atoms with Crippen molar-refractivity contribution < 1.29 is 0 Å². The van der Waals surface area contributed by atoms with E-state index in [-0.39, 0.29) is 0 Å². The fourth-order valence-corrected chi connectivity index (χ4v) is 4.74. The molecule has 0 aromatic heterocycles. The molecule has 0 heterocycles. The molecule has 0 aliphatic heterocycles. The second-order valence-corrected chi connectivity index (χ2v) is 5.09. The van der Waals surface area contributed by atoms with Crippen LogP contribution in [0.4, 0.5) is 0 Å². The molecule has 0 amide bonds. The molecule has 0 N–H and O–H groups in total. The number of alkyl halides is 2. The van der Waals surface area contributed by atoms with Gasteiger partial charge in [-0.15, -0.1) is 11.6 Å². The van der Waals surface area contributed by atoms with Crippen LogP contribution in [0.25, 0.3) is 0 Å². The van der Waals surface area contributed by atoms with Gasteiger partial charge in [0.1, 0.15) is 0 Å². The molecule has 3 fully saturated rings. The summed E-state index contributed by atoms with van der Waals surface area (Å²) < 4.78 is 0.916. The number of rotatable bonds is 0. The minimum Gasteiger partial charge on any atom is -0.122 e. The normalized spacial score (nSPS) is 56.7. The molecule has 2 heteroatoms. The van der Waals surface area contributed by atoms with Crippen LogP contribution >= 0.6 is 34.2 Å². The van der Waals surface area contributed by atoms with Crippen LogP contribution in [-0.4, -0.2) is 9.30 Å². The molecule has 0 aromatic rings. The van der Waals surface area contributed by atoms with Gasteiger partial charge in [0.05, 0.1) is 0 Å². The summed E-state index contributed by atoms with van der Waals surface area (Å²) in [6.45, 7) is 0. The molecular weight excluding hydrogens is 246 g/mol. The molecule has 2 unspecified atom stereocenters. The van der Waals surface area contributed by atoms with E-state index in [2.05, 4.69) is 22.6 Å². The van der Waals surface area contributed by atoms with Gasteiger partial charge in [0, 0.05) is 9.30 Å². The highest BCUT2D eigenvalue weighted by Crippen LogP contribution is 2.52. The summed E-state index contributed by atoms with van der Waals surface area (Å²) >= 11 is 8.67. The van der Waals surface area contributed by atoms with Gasteiger partial charge < -0.3 is 0 Å². The van der Waals surface area contributed by atoms with Crippen molar-refractivity contribution in [2.45, 2.75) is 28.6 Å². The van der Waals surface area contributed by atoms with Crippen molar-refractivity contribution in [3.05, 3.63) is 0 Å². The molecular formula is C7H10ClI. The van der Waals surface area contributed by atoms with E-state index in [9.17, 15) is 0 Å². The molecule has 3 saturated carbocycles. The summed E-state index contributed by atoms with van der Waals surface area (Å²) in [4.78, 5) is 0. The van der Waals surface area contributed by atoms with E-state index in [1.165, 1.54) is 19.3 Å². The van der Waals surface area contributed by atoms with Gasteiger partial charge in [-0.1, -0.05) is 29.0 Å². The molecule has 0 saturated heterocycles.